The Labute approximate surface area is 117 Å². The van der Waals surface area contributed by atoms with Crippen LogP contribution in [0.2, 0.25) is 5.02 Å². The minimum absolute atomic E-state index is 0.0457. The normalized spacial score (nSPS) is 10.7. The third kappa shape index (κ3) is 3.30. The highest BCUT2D eigenvalue weighted by atomic mass is 35.5. The molecule has 20 heavy (non-hydrogen) atoms. The van der Waals surface area contributed by atoms with Crippen molar-refractivity contribution in [1.29, 1.82) is 0 Å². The van der Waals surface area contributed by atoms with Crippen molar-refractivity contribution >= 4 is 17.4 Å². The zero-order chi connectivity index (χ0) is 14.7. The third-order valence-corrected chi connectivity index (χ3v) is 2.73. The SMILES string of the molecule is O=C(c1cccc(OC(F)F)c1)c1ccc(Cl)cc1F. The second kappa shape index (κ2) is 5.96. The van der Waals surface area contributed by atoms with E-state index in [2.05, 4.69) is 4.74 Å². The second-order valence-electron chi connectivity index (χ2n) is 3.86. The van der Waals surface area contributed by atoms with E-state index in [1.54, 1.807) is 0 Å². The molecule has 2 rings (SSSR count). The van der Waals surface area contributed by atoms with Crippen LogP contribution in [0, 0.1) is 5.82 Å². The van der Waals surface area contributed by atoms with Crippen LogP contribution in [0.25, 0.3) is 0 Å². The second-order valence-corrected chi connectivity index (χ2v) is 4.30. The van der Waals surface area contributed by atoms with Gasteiger partial charge in [0.05, 0.1) is 5.56 Å². The summed E-state index contributed by atoms with van der Waals surface area (Å²) in [5.74, 6) is -1.58. The summed E-state index contributed by atoms with van der Waals surface area (Å²) in [6, 6.07) is 8.78. The van der Waals surface area contributed by atoms with Crippen molar-refractivity contribution in [1.82, 2.24) is 0 Å². The van der Waals surface area contributed by atoms with Crippen LogP contribution in [0.1, 0.15) is 15.9 Å². The Kier molecular flexibility index (Phi) is 4.29. The first-order valence-corrected chi connectivity index (χ1v) is 5.90. The van der Waals surface area contributed by atoms with Gasteiger partial charge < -0.3 is 4.74 Å². The summed E-state index contributed by atoms with van der Waals surface area (Å²) < 4.78 is 42.0. The molecular weight excluding hydrogens is 293 g/mol. The molecule has 6 heteroatoms. The Balaban J connectivity index is 2.33. The Bertz CT molecular complexity index is 644. The van der Waals surface area contributed by atoms with Crippen LogP contribution in [0.4, 0.5) is 13.2 Å². The predicted molar refractivity (Wildman–Crippen MR) is 67.9 cm³/mol. The number of ketones is 1. The van der Waals surface area contributed by atoms with Gasteiger partial charge in [0, 0.05) is 10.6 Å². The average molecular weight is 301 g/mol. The highest BCUT2D eigenvalue weighted by molar-refractivity contribution is 6.30. The van der Waals surface area contributed by atoms with Crippen molar-refractivity contribution in [2.45, 2.75) is 6.61 Å². The first kappa shape index (κ1) is 14.4. The molecule has 2 nitrogen and oxygen atoms in total. The van der Waals surface area contributed by atoms with E-state index in [0.717, 1.165) is 12.1 Å². The molecule has 0 atom stereocenters. The Morgan fingerprint density at radius 2 is 1.90 bits per heavy atom. The summed E-state index contributed by atoms with van der Waals surface area (Å²) in [6.07, 6.45) is 0. The molecule has 104 valence electrons. The van der Waals surface area contributed by atoms with Crippen LogP contribution >= 0.6 is 11.6 Å². The van der Waals surface area contributed by atoms with Gasteiger partial charge in [-0.3, -0.25) is 4.79 Å². The predicted octanol–water partition coefficient (Wildman–Crippen LogP) is 4.31. The molecule has 0 radical (unpaired) electrons. The molecule has 0 saturated heterocycles. The zero-order valence-corrected chi connectivity index (χ0v) is 10.7. The molecule has 0 saturated carbocycles. The molecule has 2 aromatic rings. The van der Waals surface area contributed by atoms with Crippen LogP contribution in [0.15, 0.2) is 42.5 Å². The minimum atomic E-state index is -2.99. The lowest BCUT2D eigenvalue weighted by molar-refractivity contribution is -0.0498. The molecule has 0 bridgehead atoms. The van der Waals surface area contributed by atoms with E-state index in [0.29, 0.717) is 0 Å². The van der Waals surface area contributed by atoms with Crippen molar-refractivity contribution in [2.75, 3.05) is 0 Å². The molecule has 0 aliphatic carbocycles. The fraction of sp³-hybridized carbons (Fsp3) is 0.0714. The van der Waals surface area contributed by atoms with Crippen molar-refractivity contribution in [3.05, 3.63) is 64.4 Å². The summed E-state index contributed by atoms with van der Waals surface area (Å²) >= 11 is 5.60. The lowest BCUT2D eigenvalue weighted by atomic mass is 10.0. The number of hydrogen-bond acceptors (Lipinski definition) is 2. The standard InChI is InChI=1S/C14H8ClF3O2/c15-9-4-5-11(12(16)7-9)13(19)8-2-1-3-10(6-8)20-14(17)18/h1-7,14H. The number of benzene rings is 2. The summed E-state index contributed by atoms with van der Waals surface area (Å²) in [5, 5.41) is 0.161. The van der Waals surface area contributed by atoms with Gasteiger partial charge in [-0.1, -0.05) is 23.7 Å². The first-order valence-electron chi connectivity index (χ1n) is 5.52. The highest BCUT2D eigenvalue weighted by Crippen LogP contribution is 2.21. The van der Waals surface area contributed by atoms with Gasteiger partial charge in [0.1, 0.15) is 11.6 Å². The number of rotatable bonds is 4. The molecule has 0 heterocycles. The maximum absolute atomic E-state index is 13.6. The topological polar surface area (TPSA) is 26.3 Å². The number of alkyl halides is 2. The van der Waals surface area contributed by atoms with Gasteiger partial charge in [-0.05, 0) is 30.3 Å². The summed E-state index contributed by atoms with van der Waals surface area (Å²) in [4.78, 5) is 12.1. The van der Waals surface area contributed by atoms with E-state index < -0.39 is 18.2 Å². The van der Waals surface area contributed by atoms with Crippen LogP contribution in [0.3, 0.4) is 0 Å². The number of halogens is 4. The van der Waals surface area contributed by atoms with Gasteiger partial charge in [-0.15, -0.1) is 0 Å². The van der Waals surface area contributed by atoms with Crippen LogP contribution in [-0.4, -0.2) is 12.4 Å². The van der Waals surface area contributed by atoms with Gasteiger partial charge in [0.25, 0.3) is 0 Å². The maximum atomic E-state index is 13.6. The molecule has 0 aromatic heterocycles. The lowest BCUT2D eigenvalue weighted by Gasteiger charge is -2.07. The van der Waals surface area contributed by atoms with Crippen molar-refractivity contribution in [3.63, 3.8) is 0 Å². The molecule has 0 unspecified atom stereocenters. The van der Waals surface area contributed by atoms with E-state index in [4.69, 9.17) is 11.6 Å². The Morgan fingerprint density at radius 1 is 1.15 bits per heavy atom. The van der Waals surface area contributed by atoms with E-state index in [9.17, 15) is 18.0 Å². The van der Waals surface area contributed by atoms with Gasteiger partial charge in [-0.25, -0.2) is 4.39 Å². The third-order valence-electron chi connectivity index (χ3n) is 2.50. The minimum Gasteiger partial charge on any atom is -0.435 e. The molecule has 0 amide bonds. The maximum Gasteiger partial charge on any atom is 0.387 e. The van der Waals surface area contributed by atoms with Gasteiger partial charge >= 0.3 is 6.61 Å². The smallest absolute Gasteiger partial charge is 0.387 e. The Morgan fingerprint density at radius 3 is 2.55 bits per heavy atom. The fourth-order valence-electron chi connectivity index (χ4n) is 1.64. The largest absolute Gasteiger partial charge is 0.435 e. The van der Waals surface area contributed by atoms with Crippen molar-refractivity contribution < 1.29 is 22.7 Å². The van der Waals surface area contributed by atoms with E-state index in [1.165, 1.54) is 30.3 Å². The summed E-state index contributed by atoms with van der Waals surface area (Å²) in [7, 11) is 0. The van der Waals surface area contributed by atoms with E-state index >= 15 is 0 Å². The molecule has 0 fully saturated rings. The van der Waals surface area contributed by atoms with Gasteiger partial charge in [0.2, 0.25) is 0 Å². The molecule has 0 aliphatic rings. The molecule has 0 spiro atoms. The quantitative estimate of drug-likeness (QED) is 0.786. The van der Waals surface area contributed by atoms with Crippen LogP contribution < -0.4 is 4.74 Å². The number of carbonyl (C=O) groups excluding carboxylic acids is 1. The zero-order valence-electron chi connectivity index (χ0n) is 9.95. The van der Waals surface area contributed by atoms with Crippen molar-refractivity contribution in [3.8, 4) is 5.75 Å². The van der Waals surface area contributed by atoms with E-state index in [1.807, 2.05) is 0 Å². The summed E-state index contributed by atoms with van der Waals surface area (Å²) in [6.45, 7) is -2.99. The van der Waals surface area contributed by atoms with E-state index in [-0.39, 0.29) is 21.9 Å². The van der Waals surface area contributed by atoms with Crippen LogP contribution in [-0.2, 0) is 0 Å². The monoisotopic (exact) mass is 300 g/mol. The lowest BCUT2D eigenvalue weighted by Crippen LogP contribution is -2.06. The average Bonchev–Trinajstić information content (AvgIpc) is 2.37. The van der Waals surface area contributed by atoms with Gasteiger partial charge in [-0.2, -0.15) is 8.78 Å². The molecular formula is C14H8ClF3O2. The number of carbonyl (C=O) groups is 1. The van der Waals surface area contributed by atoms with Crippen molar-refractivity contribution in [2.24, 2.45) is 0 Å². The number of hydrogen-bond donors (Lipinski definition) is 0. The Hall–Kier alpha value is -2.01. The summed E-state index contributed by atoms with van der Waals surface area (Å²) in [5.41, 5.74) is -0.145. The van der Waals surface area contributed by atoms with Gasteiger partial charge in [0.15, 0.2) is 5.78 Å². The fourth-order valence-corrected chi connectivity index (χ4v) is 1.80. The molecule has 0 aliphatic heterocycles. The number of ether oxygens (including phenoxy) is 1. The first-order chi connectivity index (χ1) is 9.47. The molecule has 0 N–H and O–H groups in total. The highest BCUT2D eigenvalue weighted by Gasteiger charge is 2.15. The molecule has 2 aromatic carbocycles. The van der Waals surface area contributed by atoms with Crippen LogP contribution in [0.5, 0.6) is 5.75 Å².